The molecule has 1 atom stereocenters. The molecular formula is C22H19N5OS. The Labute approximate surface area is 172 Å². The number of aliphatic hydroxyl groups excluding tert-OH is 1. The molecule has 0 fully saturated rings. The van der Waals surface area contributed by atoms with Crippen LogP contribution in [0.3, 0.4) is 0 Å². The van der Waals surface area contributed by atoms with Crippen molar-refractivity contribution in [2.75, 3.05) is 17.2 Å². The third-order valence-electron chi connectivity index (χ3n) is 4.58. The second kappa shape index (κ2) is 8.69. The molecule has 29 heavy (non-hydrogen) atoms. The Morgan fingerprint density at radius 1 is 1.10 bits per heavy atom. The monoisotopic (exact) mass is 401 g/mol. The second-order valence-electron chi connectivity index (χ2n) is 6.51. The number of nitriles is 1. The first kappa shape index (κ1) is 18.9. The van der Waals surface area contributed by atoms with Gasteiger partial charge in [-0.3, -0.25) is 0 Å². The van der Waals surface area contributed by atoms with Gasteiger partial charge in [-0.1, -0.05) is 30.3 Å². The van der Waals surface area contributed by atoms with Crippen LogP contribution in [0.1, 0.15) is 23.6 Å². The van der Waals surface area contributed by atoms with E-state index < -0.39 is 0 Å². The number of thiazole rings is 1. The molecule has 4 aromatic rings. The zero-order chi connectivity index (χ0) is 20.1. The summed E-state index contributed by atoms with van der Waals surface area (Å²) in [6.07, 6.45) is 2.08. The molecule has 2 aromatic carbocycles. The number of pyridine rings is 1. The lowest BCUT2D eigenvalue weighted by molar-refractivity contribution is 0.280. The molecule has 0 saturated carbocycles. The number of nitrogens with zero attached hydrogens (tertiary/aromatic N) is 3. The molecule has 2 aromatic heterocycles. The fourth-order valence-electron chi connectivity index (χ4n) is 3.14. The van der Waals surface area contributed by atoms with Crippen LogP contribution in [0.2, 0.25) is 0 Å². The van der Waals surface area contributed by atoms with E-state index in [4.69, 9.17) is 0 Å². The average Bonchev–Trinajstić information content (AvgIpc) is 3.22. The lowest BCUT2D eigenvalue weighted by atomic mass is 10.0. The highest BCUT2D eigenvalue weighted by Gasteiger charge is 2.14. The molecule has 4 rings (SSSR count). The first-order chi connectivity index (χ1) is 14.3. The van der Waals surface area contributed by atoms with Gasteiger partial charge in [0.25, 0.3) is 0 Å². The van der Waals surface area contributed by atoms with Gasteiger partial charge in [0.2, 0.25) is 0 Å². The summed E-state index contributed by atoms with van der Waals surface area (Å²) in [6, 6.07) is 19.7. The van der Waals surface area contributed by atoms with E-state index in [1.54, 1.807) is 17.5 Å². The number of nitrogens with one attached hydrogen (secondary N) is 2. The standard InChI is InChI=1S/C22H19N5OS/c23-12-16-13-24-22(26-17-6-7-19-21(10-17)29-14-25-19)11-20(16)27-18(8-9-28)15-4-2-1-3-5-15/h1-7,10-11,13-14,18,28H,8-9H2,(H2,24,26,27). The van der Waals surface area contributed by atoms with Gasteiger partial charge >= 0.3 is 0 Å². The molecule has 0 amide bonds. The van der Waals surface area contributed by atoms with E-state index in [1.165, 1.54) is 0 Å². The summed E-state index contributed by atoms with van der Waals surface area (Å²) in [5, 5.41) is 25.7. The van der Waals surface area contributed by atoms with Gasteiger partial charge in [-0.25, -0.2) is 9.97 Å². The van der Waals surface area contributed by atoms with Gasteiger partial charge in [0.1, 0.15) is 11.9 Å². The van der Waals surface area contributed by atoms with Gasteiger partial charge < -0.3 is 15.7 Å². The number of aromatic nitrogens is 2. The van der Waals surface area contributed by atoms with E-state index >= 15 is 0 Å². The molecule has 0 saturated heterocycles. The van der Waals surface area contributed by atoms with Crippen molar-refractivity contribution >= 4 is 38.7 Å². The Hall–Kier alpha value is -3.47. The predicted octanol–water partition coefficient (Wildman–Crippen LogP) is 4.84. The summed E-state index contributed by atoms with van der Waals surface area (Å²) in [5.41, 5.74) is 5.86. The molecule has 0 aliphatic carbocycles. The van der Waals surface area contributed by atoms with Gasteiger partial charge in [0.05, 0.1) is 33.0 Å². The van der Waals surface area contributed by atoms with E-state index in [9.17, 15) is 10.4 Å². The fourth-order valence-corrected chi connectivity index (χ4v) is 3.85. The lowest BCUT2D eigenvalue weighted by Gasteiger charge is -2.21. The molecular weight excluding hydrogens is 382 g/mol. The topological polar surface area (TPSA) is 93.9 Å². The van der Waals surface area contributed by atoms with Crippen LogP contribution in [-0.2, 0) is 0 Å². The van der Waals surface area contributed by atoms with Crippen molar-refractivity contribution in [3.63, 3.8) is 0 Å². The van der Waals surface area contributed by atoms with E-state index in [0.29, 0.717) is 23.5 Å². The SMILES string of the molecule is N#Cc1cnc(Nc2ccc3ncsc3c2)cc1NC(CCO)c1ccccc1. The smallest absolute Gasteiger partial charge is 0.132 e. The summed E-state index contributed by atoms with van der Waals surface area (Å²) < 4.78 is 1.09. The first-order valence-corrected chi connectivity index (χ1v) is 10.1. The predicted molar refractivity (Wildman–Crippen MR) is 116 cm³/mol. The molecule has 0 radical (unpaired) electrons. The average molecular weight is 401 g/mol. The Morgan fingerprint density at radius 2 is 1.97 bits per heavy atom. The molecule has 3 N–H and O–H groups in total. The van der Waals surface area contributed by atoms with E-state index in [0.717, 1.165) is 21.5 Å². The minimum Gasteiger partial charge on any atom is -0.396 e. The van der Waals surface area contributed by atoms with E-state index in [-0.39, 0.29) is 12.6 Å². The Balaban J connectivity index is 1.61. The van der Waals surface area contributed by atoms with Crippen molar-refractivity contribution < 1.29 is 5.11 Å². The number of anilines is 3. The highest BCUT2D eigenvalue weighted by molar-refractivity contribution is 7.16. The Kier molecular flexibility index (Phi) is 5.66. The summed E-state index contributed by atoms with van der Waals surface area (Å²) in [5.74, 6) is 0.631. The van der Waals surface area contributed by atoms with Crippen molar-refractivity contribution in [1.82, 2.24) is 9.97 Å². The lowest BCUT2D eigenvalue weighted by Crippen LogP contribution is -2.13. The van der Waals surface area contributed by atoms with Crippen LogP contribution in [0.15, 0.2) is 66.3 Å². The molecule has 0 spiro atoms. The van der Waals surface area contributed by atoms with Gasteiger partial charge in [-0.15, -0.1) is 11.3 Å². The maximum absolute atomic E-state index is 9.50. The number of hydrogen-bond acceptors (Lipinski definition) is 7. The van der Waals surface area contributed by atoms with Crippen LogP contribution in [0, 0.1) is 11.3 Å². The van der Waals surface area contributed by atoms with Gasteiger partial charge in [-0.2, -0.15) is 5.26 Å². The van der Waals surface area contributed by atoms with Gasteiger partial charge in [0, 0.05) is 24.6 Å². The molecule has 144 valence electrons. The highest BCUT2D eigenvalue weighted by Crippen LogP contribution is 2.28. The van der Waals surface area contributed by atoms with Crippen LogP contribution in [0.25, 0.3) is 10.2 Å². The zero-order valence-corrected chi connectivity index (χ0v) is 16.4. The molecule has 1 unspecified atom stereocenters. The fraction of sp³-hybridized carbons (Fsp3) is 0.136. The second-order valence-corrected chi connectivity index (χ2v) is 7.39. The first-order valence-electron chi connectivity index (χ1n) is 9.19. The molecule has 0 bridgehead atoms. The quantitative estimate of drug-likeness (QED) is 0.410. The molecule has 0 aliphatic rings. The van der Waals surface area contributed by atoms with Crippen molar-refractivity contribution in [2.24, 2.45) is 0 Å². The molecule has 7 heteroatoms. The summed E-state index contributed by atoms with van der Waals surface area (Å²) in [4.78, 5) is 8.66. The maximum Gasteiger partial charge on any atom is 0.132 e. The normalized spacial score (nSPS) is 11.7. The van der Waals surface area contributed by atoms with Crippen LogP contribution in [0.5, 0.6) is 0 Å². The molecule has 6 nitrogen and oxygen atoms in total. The van der Waals surface area contributed by atoms with E-state index in [2.05, 4.69) is 26.7 Å². The third kappa shape index (κ3) is 4.35. The zero-order valence-electron chi connectivity index (χ0n) is 15.5. The maximum atomic E-state index is 9.50. The van der Waals surface area contributed by atoms with Crippen LogP contribution in [-0.4, -0.2) is 21.7 Å². The summed E-state index contributed by atoms with van der Waals surface area (Å²) >= 11 is 1.58. The van der Waals surface area contributed by atoms with Crippen molar-refractivity contribution in [3.05, 3.63) is 77.4 Å². The Bertz CT molecular complexity index is 1150. The number of hydrogen-bond donors (Lipinski definition) is 3. The van der Waals surface area contributed by atoms with Crippen LogP contribution < -0.4 is 10.6 Å². The minimum absolute atomic E-state index is 0.0412. The summed E-state index contributed by atoms with van der Waals surface area (Å²) in [7, 11) is 0. The molecule has 0 aliphatic heterocycles. The van der Waals surface area contributed by atoms with Gasteiger partial charge in [0.15, 0.2) is 0 Å². The largest absolute Gasteiger partial charge is 0.396 e. The Morgan fingerprint density at radius 3 is 2.76 bits per heavy atom. The number of fused-ring (bicyclic) bond motifs is 1. The highest BCUT2D eigenvalue weighted by atomic mass is 32.1. The van der Waals surface area contributed by atoms with Crippen molar-refractivity contribution in [3.8, 4) is 6.07 Å². The van der Waals surface area contributed by atoms with E-state index in [1.807, 2.05) is 60.1 Å². The number of benzene rings is 2. The van der Waals surface area contributed by atoms with Gasteiger partial charge in [-0.05, 0) is 30.2 Å². The third-order valence-corrected chi connectivity index (χ3v) is 5.37. The van der Waals surface area contributed by atoms with Crippen molar-refractivity contribution in [2.45, 2.75) is 12.5 Å². The van der Waals surface area contributed by atoms with Crippen LogP contribution in [0.4, 0.5) is 17.2 Å². The number of aliphatic hydroxyl groups is 1. The van der Waals surface area contributed by atoms with Crippen LogP contribution >= 0.6 is 11.3 Å². The van der Waals surface area contributed by atoms with Crippen molar-refractivity contribution in [1.29, 1.82) is 5.26 Å². The molecule has 2 heterocycles. The summed E-state index contributed by atoms with van der Waals surface area (Å²) in [6.45, 7) is 0.0412. The minimum atomic E-state index is -0.114. The number of rotatable bonds is 7.